The Hall–Kier alpha value is -6.22. The standard InChI is InChI=1S/C27H46N6O3S2.C23H26N6O4S2/c1-6-11-20(3)13-8-9-15-23(18-17-21(4)12-7-2)28-26(34)30-31-27-29-25(32-37-27)22-14-10-16-24(19-22)33-38(5,35)36;1-15-8-9-20(16(2)12-15)33-11-5-10-25-23(30)27-26-22-19(14-24)21(34-28-22)17-6-4-7-18(13-17)29-35(3,31)32/h10,14,16,19-21,23,33H,6-9,11-13,15,17-18H2,1-5H3,(H2,28,30,34)(H,29,31,32);4,6-9,12-13,29H,5,10-11H2,1-3H3,(H,26,28)(H2,25,27,30). The molecule has 3 aromatic carbocycles. The molecule has 2 aromatic heterocycles. The lowest BCUT2D eigenvalue weighted by Crippen LogP contribution is -2.44. The molecule has 3 unspecified atom stereocenters. The molecular weight excluding hydrogens is 1010 g/mol. The lowest BCUT2D eigenvalue weighted by Gasteiger charge is -2.21. The number of hydrazine groups is 2. The van der Waals surface area contributed by atoms with Gasteiger partial charge in [-0.3, -0.25) is 25.7 Å². The average molecular weight is 1080 g/mol. The van der Waals surface area contributed by atoms with Gasteiger partial charge in [0.25, 0.3) is 0 Å². The van der Waals surface area contributed by atoms with Crippen LogP contribution in [0.25, 0.3) is 21.8 Å². The van der Waals surface area contributed by atoms with Gasteiger partial charge in [0.15, 0.2) is 11.6 Å². The second-order valence-electron chi connectivity index (χ2n) is 18.2. The van der Waals surface area contributed by atoms with E-state index in [0.717, 1.165) is 78.5 Å². The van der Waals surface area contributed by atoms with Gasteiger partial charge in [0.05, 0.1) is 24.0 Å². The van der Waals surface area contributed by atoms with E-state index in [1.54, 1.807) is 48.5 Å². The molecule has 0 aliphatic heterocycles. The molecule has 0 spiro atoms. The van der Waals surface area contributed by atoms with Crippen molar-refractivity contribution in [3.8, 4) is 33.6 Å². The van der Waals surface area contributed by atoms with Gasteiger partial charge in [-0.15, -0.1) is 0 Å². The summed E-state index contributed by atoms with van der Waals surface area (Å²) in [6.45, 7) is 13.9. The van der Waals surface area contributed by atoms with Crippen molar-refractivity contribution in [1.82, 2.24) is 35.2 Å². The molecule has 5 rings (SSSR count). The number of aryl methyl sites for hydroxylation is 2. The molecule has 0 radical (unpaired) electrons. The van der Waals surface area contributed by atoms with Crippen molar-refractivity contribution in [2.45, 2.75) is 118 Å². The van der Waals surface area contributed by atoms with Gasteiger partial charge in [0, 0.05) is 41.1 Å². The molecule has 0 saturated heterocycles. The summed E-state index contributed by atoms with van der Waals surface area (Å²) < 4.78 is 65.1. The summed E-state index contributed by atoms with van der Waals surface area (Å²) in [6.07, 6.45) is 14.3. The number of carbonyl (C=O) groups is 2. The number of amides is 4. The van der Waals surface area contributed by atoms with Gasteiger partial charge in [0.1, 0.15) is 17.4 Å². The normalized spacial score (nSPS) is 12.4. The number of carbonyl (C=O) groups excluding carboxylic acids is 2. The van der Waals surface area contributed by atoms with Crippen molar-refractivity contribution in [3.63, 3.8) is 0 Å². The Morgan fingerprint density at radius 3 is 2.00 bits per heavy atom. The molecule has 398 valence electrons. The number of sulfonamides is 2. The summed E-state index contributed by atoms with van der Waals surface area (Å²) in [5.74, 6) is 2.88. The first-order chi connectivity index (χ1) is 34.7. The van der Waals surface area contributed by atoms with Crippen LogP contribution < -0.4 is 46.5 Å². The van der Waals surface area contributed by atoms with E-state index in [-0.39, 0.29) is 23.5 Å². The molecule has 0 bridgehead atoms. The zero-order valence-corrected chi connectivity index (χ0v) is 46.3. The summed E-state index contributed by atoms with van der Waals surface area (Å²) in [6, 6.07) is 20.9. The first-order valence-electron chi connectivity index (χ1n) is 24.5. The molecule has 0 fully saturated rings. The minimum absolute atomic E-state index is 0.132. The predicted molar refractivity (Wildman–Crippen MR) is 296 cm³/mol. The third kappa shape index (κ3) is 22.6. The molecule has 0 aliphatic rings. The highest BCUT2D eigenvalue weighted by Crippen LogP contribution is 2.34. The first kappa shape index (κ1) is 59.3. The Balaban J connectivity index is 0.000000317. The lowest BCUT2D eigenvalue weighted by atomic mass is 9.93. The van der Waals surface area contributed by atoms with E-state index in [1.807, 2.05) is 26.0 Å². The highest BCUT2D eigenvalue weighted by Gasteiger charge is 2.18. The molecule has 8 N–H and O–H groups in total. The van der Waals surface area contributed by atoms with Gasteiger partial charge in [-0.1, -0.05) is 115 Å². The van der Waals surface area contributed by atoms with Crippen molar-refractivity contribution < 1.29 is 31.2 Å². The quantitative estimate of drug-likeness (QED) is 0.0171. The molecule has 3 atom stereocenters. The molecule has 2 heterocycles. The monoisotopic (exact) mass is 1080 g/mol. The summed E-state index contributed by atoms with van der Waals surface area (Å²) in [5, 5.41) is 15.9. The van der Waals surface area contributed by atoms with Gasteiger partial charge in [0.2, 0.25) is 25.2 Å². The Morgan fingerprint density at radius 2 is 1.36 bits per heavy atom. The fraction of sp³-hybridized carbons (Fsp3) is 0.480. The number of nitriles is 1. The van der Waals surface area contributed by atoms with E-state index >= 15 is 0 Å². The third-order valence-corrected chi connectivity index (χ3v) is 14.0. The number of rotatable bonds is 28. The molecule has 0 aliphatic carbocycles. The number of nitrogens with zero attached hydrogens (tertiary/aromatic N) is 4. The number of urea groups is 2. The van der Waals surface area contributed by atoms with Crippen LogP contribution in [0.15, 0.2) is 66.7 Å². The topological polar surface area (TPSA) is 270 Å². The van der Waals surface area contributed by atoms with Gasteiger partial charge < -0.3 is 15.4 Å². The zero-order chi connectivity index (χ0) is 53.4. The van der Waals surface area contributed by atoms with Crippen LogP contribution in [0.4, 0.5) is 31.9 Å². The summed E-state index contributed by atoms with van der Waals surface area (Å²) in [5.41, 5.74) is 15.2. The number of aromatic nitrogens is 3. The number of hydrogen-bond donors (Lipinski definition) is 8. The van der Waals surface area contributed by atoms with Crippen molar-refractivity contribution in [1.29, 1.82) is 5.26 Å². The Labute approximate surface area is 439 Å². The van der Waals surface area contributed by atoms with E-state index in [2.05, 4.69) is 95.3 Å². The SMILES string of the molecule is CCCC(C)CCCCC(CCC(C)CCC)NC(=O)NNc1nc(-c2cccc(NS(C)(=O)=O)c2)ns1.Cc1ccc(OCCCNC(=O)NNc2nsc(-c3cccc(NS(C)(=O)=O)c3)c2C#N)c(C)c1. The fourth-order valence-electron chi connectivity index (χ4n) is 7.78. The Bertz CT molecular complexity index is 2800. The first-order valence-corrected chi connectivity index (χ1v) is 29.8. The third-order valence-electron chi connectivity index (χ3n) is 11.3. The summed E-state index contributed by atoms with van der Waals surface area (Å²) >= 11 is 2.17. The van der Waals surface area contributed by atoms with E-state index < -0.39 is 26.1 Å². The van der Waals surface area contributed by atoms with Crippen LogP contribution in [0.5, 0.6) is 5.75 Å². The molecule has 23 heteroatoms. The number of ether oxygens (including phenoxy) is 1. The van der Waals surface area contributed by atoms with Crippen LogP contribution in [-0.2, 0) is 20.0 Å². The van der Waals surface area contributed by atoms with Crippen molar-refractivity contribution in [2.24, 2.45) is 11.8 Å². The second kappa shape index (κ2) is 30.1. The van der Waals surface area contributed by atoms with Crippen LogP contribution in [-0.4, -0.2) is 74.3 Å². The van der Waals surface area contributed by atoms with Crippen LogP contribution in [0.3, 0.4) is 0 Å². The number of hydrogen-bond acceptors (Lipinski definition) is 15. The number of unbranched alkanes of at least 4 members (excludes halogenated alkanes) is 1. The van der Waals surface area contributed by atoms with E-state index in [9.17, 15) is 31.7 Å². The second-order valence-corrected chi connectivity index (χ2v) is 23.2. The molecular formula is C50H72N12O7S4. The minimum Gasteiger partial charge on any atom is -0.493 e. The lowest BCUT2D eigenvalue weighted by molar-refractivity contribution is 0.235. The average Bonchev–Trinajstić information content (AvgIpc) is 3.98. The van der Waals surface area contributed by atoms with Gasteiger partial charge in [-0.05, 0) is 104 Å². The van der Waals surface area contributed by atoms with Crippen molar-refractivity contribution >= 4 is 77.5 Å². The number of benzene rings is 3. The van der Waals surface area contributed by atoms with Gasteiger partial charge >= 0.3 is 12.1 Å². The maximum Gasteiger partial charge on any atom is 0.333 e. The van der Waals surface area contributed by atoms with Crippen LogP contribution in [0.2, 0.25) is 0 Å². The van der Waals surface area contributed by atoms with E-state index in [1.165, 1.54) is 44.1 Å². The maximum atomic E-state index is 12.7. The van der Waals surface area contributed by atoms with Crippen LogP contribution in [0.1, 0.15) is 115 Å². The van der Waals surface area contributed by atoms with Gasteiger partial charge in [-0.25, -0.2) is 31.9 Å². The highest BCUT2D eigenvalue weighted by atomic mass is 32.2. The zero-order valence-electron chi connectivity index (χ0n) is 43.1. The predicted octanol–water partition coefficient (Wildman–Crippen LogP) is 10.5. The summed E-state index contributed by atoms with van der Waals surface area (Å²) in [7, 11) is -6.82. The largest absolute Gasteiger partial charge is 0.493 e. The molecule has 4 amide bonds. The molecule has 0 saturated carbocycles. The van der Waals surface area contributed by atoms with E-state index in [0.29, 0.717) is 63.8 Å². The number of nitrogens with one attached hydrogen (secondary N) is 8. The minimum atomic E-state index is -3.44. The summed E-state index contributed by atoms with van der Waals surface area (Å²) in [4.78, 5) is 29.7. The maximum absolute atomic E-state index is 12.7. The van der Waals surface area contributed by atoms with Crippen LogP contribution in [0, 0.1) is 37.0 Å². The van der Waals surface area contributed by atoms with Crippen molar-refractivity contribution in [3.05, 3.63) is 83.4 Å². The van der Waals surface area contributed by atoms with Gasteiger partial charge in [-0.2, -0.15) is 19.0 Å². The highest BCUT2D eigenvalue weighted by molar-refractivity contribution is 7.92. The Kier molecular flexibility index (Phi) is 24.5. The smallest absolute Gasteiger partial charge is 0.333 e. The van der Waals surface area contributed by atoms with Crippen molar-refractivity contribution in [2.75, 3.05) is 46.0 Å². The Morgan fingerprint density at radius 1 is 0.726 bits per heavy atom. The molecule has 19 nitrogen and oxygen atoms in total. The van der Waals surface area contributed by atoms with Crippen LogP contribution >= 0.6 is 23.1 Å². The van der Waals surface area contributed by atoms with E-state index in [4.69, 9.17) is 4.74 Å². The molecule has 5 aromatic rings. The number of anilines is 4. The fourth-order valence-corrected chi connectivity index (χ4v) is 10.2. The molecule has 73 heavy (non-hydrogen) atoms.